The van der Waals surface area contributed by atoms with Crippen molar-refractivity contribution in [3.63, 3.8) is 0 Å². The van der Waals surface area contributed by atoms with E-state index < -0.39 is 11.9 Å². The van der Waals surface area contributed by atoms with Crippen molar-refractivity contribution in [3.05, 3.63) is 65.5 Å². The highest BCUT2D eigenvalue weighted by atomic mass is 16.4. The highest BCUT2D eigenvalue weighted by Crippen LogP contribution is 2.33. The minimum absolute atomic E-state index is 0.0302. The number of aromatic nitrogens is 1. The molecule has 1 aliphatic rings. The normalized spacial score (nSPS) is 19.3. The molecule has 1 N–H and O–H groups in total. The van der Waals surface area contributed by atoms with Crippen molar-refractivity contribution in [2.24, 2.45) is 11.8 Å². The van der Waals surface area contributed by atoms with Gasteiger partial charge in [-0.25, -0.2) is 0 Å². The Labute approximate surface area is 153 Å². The van der Waals surface area contributed by atoms with Crippen LogP contribution in [0.5, 0.6) is 0 Å². The second-order valence-corrected chi connectivity index (χ2v) is 6.99. The largest absolute Gasteiger partial charge is 0.481 e. The van der Waals surface area contributed by atoms with Crippen LogP contribution in [0.1, 0.15) is 36.1 Å². The minimum atomic E-state index is -0.796. The highest BCUT2D eigenvalue weighted by molar-refractivity contribution is 5.81. The van der Waals surface area contributed by atoms with Gasteiger partial charge in [-0.05, 0) is 49.4 Å². The average Bonchev–Trinajstić information content (AvgIpc) is 3.14. The molecular formula is C21H24N2O3. The summed E-state index contributed by atoms with van der Waals surface area (Å²) in [5.41, 5.74) is 3.08. The Balaban J connectivity index is 1.79. The number of aliphatic carboxylic acids is 1. The number of nitrogens with zero attached hydrogens (tertiary/aromatic N) is 2. The summed E-state index contributed by atoms with van der Waals surface area (Å²) < 4.78 is 0. The summed E-state index contributed by atoms with van der Waals surface area (Å²) in [5, 5.41) is 9.22. The SMILES string of the molecule is Cc1ccccc1CN(Cc1ccccn1)C(=O)C1CCC(C(=O)O)C1. The van der Waals surface area contributed by atoms with Crippen molar-refractivity contribution in [1.82, 2.24) is 9.88 Å². The molecule has 1 aliphatic carbocycles. The summed E-state index contributed by atoms with van der Waals surface area (Å²) in [4.78, 5) is 30.5. The molecule has 2 unspecified atom stereocenters. The molecule has 26 heavy (non-hydrogen) atoms. The van der Waals surface area contributed by atoms with Gasteiger partial charge < -0.3 is 10.0 Å². The van der Waals surface area contributed by atoms with Crippen molar-refractivity contribution in [2.45, 2.75) is 39.3 Å². The molecule has 1 heterocycles. The molecule has 1 aromatic carbocycles. The first kappa shape index (κ1) is 18.1. The van der Waals surface area contributed by atoms with E-state index in [1.807, 2.05) is 54.3 Å². The number of carboxylic acid groups (broad SMARTS) is 1. The third kappa shape index (κ3) is 4.28. The number of aryl methyl sites for hydroxylation is 1. The van der Waals surface area contributed by atoms with E-state index in [4.69, 9.17) is 0 Å². The number of benzene rings is 1. The smallest absolute Gasteiger partial charge is 0.306 e. The minimum Gasteiger partial charge on any atom is -0.481 e. The molecular weight excluding hydrogens is 328 g/mol. The summed E-state index contributed by atoms with van der Waals surface area (Å²) in [6.07, 6.45) is 3.37. The van der Waals surface area contributed by atoms with E-state index >= 15 is 0 Å². The fourth-order valence-corrected chi connectivity index (χ4v) is 3.58. The van der Waals surface area contributed by atoms with Crippen LogP contribution in [-0.4, -0.2) is 26.9 Å². The van der Waals surface area contributed by atoms with E-state index in [0.29, 0.717) is 32.4 Å². The zero-order chi connectivity index (χ0) is 18.5. The van der Waals surface area contributed by atoms with E-state index in [1.165, 1.54) is 0 Å². The predicted molar refractivity (Wildman–Crippen MR) is 98.1 cm³/mol. The zero-order valence-electron chi connectivity index (χ0n) is 15.0. The Hall–Kier alpha value is -2.69. The molecule has 3 rings (SSSR count). The lowest BCUT2D eigenvalue weighted by Gasteiger charge is -2.26. The van der Waals surface area contributed by atoms with Crippen molar-refractivity contribution in [3.8, 4) is 0 Å². The van der Waals surface area contributed by atoms with Crippen LogP contribution in [0.2, 0.25) is 0 Å². The number of carboxylic acids is 1. The van der Waals surface area contributed by atoms with Crippen LogP contribution in [0.15, 0.2) is 48.7 Å². The predicted octanol–water partition coefficient (Wildman–Crippen LogP) is 3.42. The number of pyridine rings is 1. The Bertz CT molecular complexity index is 776. The van der Waals surface area contributed by atoms with Gasteiger partial charge in [0.1, 0.15) is 0 Å². The molecule has 5 heteroatoms. The van der Waals surface area contributed by atoms with Crippen LogP contribution < -0.4 is 0 Å². The molecule has 1 saturated carbocycles. The summed E-state index contributed by atoms with van der Waals surface area (Å²) in [5.74, 6) is -1.39. The summed E-state index contributed by atoms with van der Waals surface area (Å²) >= 11 is 0. The second kappa shape index (κ2) is 8.13. The van der Waals surface area contributed by atoms with Crippen LogP contribution >= 0.6 is 0 Å². The number of carbonyl (C=O) groups excluding carboxylic acids is 1. The molecule has 1 fully saturated rings. The maximum atomic E-state index is 13.1. The first-order valence-corrected chi connectivity index (χ1v) is 9.00. The van der Waals surface area contributed by atoms with Crippen LogP contribution in [0.25, 0.3) is 0 Å². The maximum Gasteiger partial charge on any atom is 0.306 e. The second-order valence-electron chi connectivity index (χ2n) is 6.99. The molecule has 0 saturated heterocycles. The van der Waals surface area contributed by atoms with E-state index in [1.54, 1.807) is 6.20 Å². The van der Waals surface area contributed by atoms with Crippen molar-refractivity contribution in [1.29, 1.82) is 0 Å². The molecule has 0 aliphatic heterocycles. The lowest BCUT2D eigenvalue weighted by Crippen LogP contribution is -2.35. The van der Waals surface area contributed by atoms with Crippen molar-refractivity contribution < 1.29 is 14.7 Å². The lowest BCUT2D eigenvalue weighted by atomic mass is 10.0. The van der Waals surface area contributed by atoms with Crippen LogP contribution in [-0.2, 0) is 22.7 Å². The number of hydrogen-bond donors (Lipinski definition) is 1. The van der Waals surface area contributed by atoms with Gasteiger partial charge in [0.25, 0.3) is 0 Å². The van der Waals surface area contributed by atoms with Gasteiger partial charge in [0.05, 0.1) is 18.2 Å². The van der Waals surface area contributed by atoms with Gasteiger partial charge >= 0.3 is 5.97 Å². The average molecular weight is 352 g/mol. The van der Waals surface area contributed by atoms with E-state index in [9.17, 15) is 14.7 Å². The molecule has 136 valence electrons. The van der Waals surface area contributed by atoms with Crippen LogP contribution in [0, 0.1) is 18.8 Å². The van der Waals surface area contributed by atoms with E-state index in [-0.39, 0.29) is 11.8 Å². The number of rotatable bonds is 6. The fraction of sp³-hybridized carbons (Fsp3) is 0.381. The lowest BCUT2D eigenvalue weighted by molar-refractivity contribution is -0.141. The highest BCUT2D eigenvalue weighted by Gasteiger charge is 2.36. The van der Waals surface area contributed by atoms with E-state index in [2.05, 4.69) is 4.98 Å². The first-order chi connectivity index (χ1) is 12.5. The fourth-order valence-electron chi connectivity index (χ4n) is 3.58. The molecule has 0 radical (unpaired) electrons. The van der Waals surface area contributed by atoms with Gasteiger partial charge in [0.2, 0.25) is 5.91 Å². The molecule has 5 nitrogen and oxygen atoms in total. The molecule has 2 atom stereocenters. The molecule has 1 aromatic heterocycles. The quantitative estimate of drug-likeness (QED) is 0.865. The summed E-state index contributed by atoms with van der Waals surface area (Å²) in [6, 6.07) is 13.7. The Kier molecular flexibility index (Phi) is 5.66. The third-order valence-corrected chi connectivity index (χ3v) is 5.14. The van der Waals surface area contributed by atoms with Crippen molar-refractivity contribution in [2.75, 3.05) is 0 Å². The molecule has 1 amide bonds. The van der Waals surface area contributed by atoms with Crippen molar-refractivity contribution >= 4 is 11.9 Å². The number of carbonyl (C=O) groups is 2. The zero-order valence-corrected chi connectivity index (χ0v) is 15.0. The Morgan fingerprint density at radius 1 is 1.08 bits per heavy atom. The molecule has 2 aromatic rings. The monoisotopic (exact) mass is 352 g/mol. The molecule has 0 bridgehead atoms. The van der Waals surface area contributed by atoms with Crippen LogP contribution in [0.3, 0.4) is 0 Å². The third-order valence-electron chi connectivity index (χ3n) is 5.14. The number of hydrogen-bond acceptors (Lipinski definition) is 3. The Morgan fingerprint density at radius 2 is 1.81 bits per heavy atom. The van der Waals surface area contributed by atoms with Gasteiger partial charge in [0, 0.05) is 18.7 Å². The van der Waals surface area contributed by atoms with Gasteiger partial charge in [-0.3, -0.25) is 14.6 Å². The summed E-state index contributed by atoms with van der Waals surface area (Å²) in [6.45, 7) is 2.98. The summed E-state index contributed by atoms with van der Waals surface area (Å²) in [7, 11) is 0. The number of amides is 1. The van der Waals surface area contributed by atoms with E-state index in [0.717, 1.165) is 16.8 Å². The van der Waals surface area contributed by atoms with Gasteiger partial charge in [-0.15, -0.1) is 0 Å². The maximum absolute atomic E-state index is 13.1. The first-order valence-electron chi connectivity index (χ1n) is 9.00. The van der Waals surface area contributed by atoms with Crippen LogP contribution in [0.4, 0.5) is 0 Å². The van der Waals surface area contributed by atoms with Gasteiger partial charge in [0.15, 0.2) is 0 Å². The topological polar surface area (TPSA) is 70.5 Å². The Morgan fingerprint density at radius 3 is 2.46 bits per heavy atom. The molecule has 0 spiro atoms. The standard InChI is InChI=1S/C21H24N2O3/c1-15-6-2-3-7-18(15)13-23(14-19-8-4-5-11-22-19)20(24)16-9-10-17(12-16)21(25)26/h2-8,11,16-17H,9-10,12-14H2,1H3,(H,25,26). The van der Waals surface area contributed by atoms with Gasteiger partial charge in [-0.1, -0.05) is 30.3 Å². The van der Waals surface area contributed by atoms with Gasteiger partial charge in [-0.2, -0.15) is 0 Å².